The van der Waals surface area contributed by atoms with Crippen molar-refractivity contribution in [1.82, 2.24) is 24.6 Å². The molecule has 2 fully saturated rings. The van der Waals surface area contributed by atoms with Crippen LogP contribution in [-0.4, -0.2) is 24.6 Å². The van der Waals surface area contributed by atoms with Crippen LogP contribution < -0.4 is 11.2 Å². The van der Waals surface area contributed by atoms with Crippen molar-refractivity contribution >= 4 is 5.65 Å². The second kappa shape index (κ2) is 4.18. The van der Waals surface area contributed by atoms with Crippen molar-refractivity contribution in [2.24, 2.45) is 5.41 Å². The number of hydrogen-bond donors (Lipinski definition) is 2. The maximum Gasteiger partial charge on any atom is 0.325 e. The number of imidazole rings is 1. The van der Waals surface area contributed by atoms with Gasteiger partial charge in [0.05, 0.1) is 11.3 Å². The van der Waals surface area contributed by atoms with Gasteiger partial charge in [-0.2, -0.15) is 5.10 Å². The first-order chi connectivity index (χ1) is 11.2. The number of aromatic nitrogens is 5. The molecule has 2 N–H and O–H groups in total. The monoisotopic (exact) mass is 309 g/mol. The van der Waals surface area contributed by atoms with Gasteiger partial charge in [0.2, 0.25) is 0 Å². The van der Waals surface area contributed by atoms with Crippen molar-refractivity contribution in [2.75, 3.05) is 0 Å². The van der Waals surface area contributed by atoms with E-state index in [2.05, 4.69) is 20.1 Å². The zero-order chi connectivity index (χ0) is 15.6. The fourth-order valence-electron chi connectivity index (χ4n) is 3.90. The van der Waals surface area contributed by atoms with Gasteiger partial charge in [-0.05, 0) is 36.7 Å². The number of nitrogens with one attached hydrogen (secondary N) is 2. The highest BCUT2D eigenvalue weighted by atomic mass is 16.2. The molecule has 0 bridgehead atoms. The summed E-state index contributed by atoms with van der Waals surface area (Å²) in [5.74, 6) is 0.504. The number of fused-ring (bicyclic) bond motifs is 1. The number of hydrogen-bond acceptors (Lipinski definition) is 4. The van der Waals surface area contributed by atoms with Crippen molar-refractivity contribution in [3.05, 3.63) is 51.1 Å². The van der Waals surface area contributed by atoms with Gasteiger partial charge in [0.15, 0.2) is 5.65 Å². The van der Waals surface area contributed by atoms with Crippen molar-refractivity contribution in [3.63, 3.8) is 0 Å². The van der Waals surface area contributed by atoms with E-state index >= 15 is 0 Å². The molecule has 3 heterocycles. The van der Waals surface area contributed by atoms with Gasteiger partial charge in [0, 0.05) is 24.2 Å². The third-order valence-electron chi connectivity index (χ3n) is 5.40. The van der Waals surface area contributed by atoms with E-state index in [1.165, 1.54) is 31.9 Å². The Bertz CT molecular complexity index is 1040. The highest BCUT2D eigenvalue weighted by Gasteiger charge is 2.58. The normalized spacial score (nSPS) is 21.5. The predicted molar refractivity (Wildman–Crippen MR) is 83.3 cm³/mol. The molecular formula is C16H15N5O2. The standard InChI is InChI=1S/C16H15N5O2/c22-14-10(8-18-15(23)19-14)12-6-9(11-7-16(11)2-1-3-16)13-17-4-5-21(13)20-12/h4-6,8,11H,1-3,7H2,(H2,18,19,22,23)/t11-/m0/s1. The van der Waals surface area contributed by atoms with Crippen LogP contribution in [0.2, 0.25) is 0 Å². The van der Waals surface area contributed by atoms with E-state index in [0.717, 1.165) is 11.2 Å². The van der Waals surface area contributed by atoms with Crippen LogP contribution >= 0.6 is 0 Å². The predicted octanol–water partition coefficient (Wildman–Crippen LogP) is 1.43. The van der Waals surface area contributed by atoms with Crippen molar-refractivity contribution < 1.29 is 0 Å². The number of nitrogens with zero attached hydrogens (tertiary/aromatic N) is 3. The van der Waals surface area contributed by atoms with Crippen LogP contribution in [0.3, 0.4) is 0 Å². The Morgan fingerprint density at radius 3 is 2.87 bits per heavy atom. The quantitative estimate of drug-likeness (QED) is 0.748. The number of rotatable bonds is 2. The van der Waals surface area contributed by atoms with Gasteiger partial charge < -0.3 is 4.98 Å². The van der Waals surface area contributed by atoms with E-state index in [1.807, 2.05) is 6.07 Å². The SMILES string of the molecule is O=c1[nH]cc(-c2cc([C@@H]3CC34CCC4)c3nccn3n2)c(=O)[nH]1. The van der Waals surface area contributed by atoms with E-state index < -0.39 is 11.2 Å². The van der Waals surface area contributed by atoms with Gasteiger partial charge in [-0.1, -0.05) is 6.42 Å². The molecule has 1 atom stereocenters. The molecule has 5 rings (SSSR count). The highest BCUT2D eigenvalue weighted by Crippen LogP contribution is 2.70. The van der Waals surface area contributed by atoms with Gasteiger partial charge >= 0.3 is 5.69 Å². The van der Waals surface area contributed by atoms with Crippen LogP contribution in [0.25, 0.3) is 16.9 Å². The zero-order valence-corrected chi connectivity index (χ0v) is 12.4. The number of H-pyrrole nitrogens is 2. The molecule has 7 heteroatoms. The average molecular weight is 309 g/mol. The first-order valence-corrected chi connectivity index (χ1v) is 7.83. The maximum atomic E-state index is 12.1. The van der Waals surface area contributed by atoms with Crippen molar-refractivity contribution in [3.8, 4) is 11.3 Å². The third kappa shape index (κ3) is 1.76. The highest BCUT2D eigenvalue weighted by molar-refractivity contribution is 5.63. The summed E-state index contributed by atoms with van der Waals surface area (Å²) in [6.07, 6.45) is 9.99. The molecule has 2 saturated carbocycles. The summed E-state index contributed by atoms with van der Waals surface area (Å²) < 4.78 is 1.72. The first-order valence-electron chi connectivity index (χ1n) is 7.83. The van der Waals surface area contributed by atoms with E-state index in [-0.39, 0.29) is 0 Å². The Labute approximate surface area is 130 Å². The molecule has 2 aliphatic carbocycles. The molecule has 0 aromatic carbocycles. The summed E-state index contributed by atoms with van der Waals surface area (Å²) in [4.78, 5) is 32.5. The molecule has 3 aromatic heterocycles. The van der Waals surface area contributed by atoms with Crippen LogP contribution in [0, 0.1) is 5.41 Å². The molecule has 2 aliphatic rings. The lowest BCUT2D eigenvalue weighted by atomic mass is 9.78. The molecule has 0 saturated heterocycles. The molecule has 116 valence electrons. The Morgan fingerprint density at radius 1 is 1.30 bits per heavy atom. The minimum absolute atomic E-state index is 0.366. The molecule has 3 aromatic rings. The van der Waals surface area contributed by atoms with Gasteiger partial charge in [-0.3, -0.25) is 9.78 Å². The first kappa shape index (κ1) is 12.8. The van der Waals surface area contributed by atoms with E-state index in [9.17, 15) is 9.59 Å². The molecule has 0 aliphatic heterocycles. The summed E-state index contributed by atoms with van der Waals surface area (Å²) in [5, 5.41) is 4.47. The lowest BCUT2D eigenvalue weighted by molar-refractivity contribution is 0.277. The Balaban J connectivity index is 1.71. The lowest BCUT2D eigenvalue weighted by Gasteiger charge is -2.26. The van der Waals surface area contributed by atoms with Gasteiger partial charge in [-0.25, -0.2) is 14.3 Å². The topological polar surface area (TPSA) is 95.9 Å². The minimum Gasteiger partial charge on any atom is -0.313 e. The van der Waals surface area contributed by atoms with Gasteiger partial charge in [0.1, 0.15) is 0 Å². The Morgan fingerprint density at radius 2 is 2.17 bits per heavy atom. The average Bonchev–Trinajstić information content (AvgIpc) is 3.09. The number of aromatic amines is 2. The van der Waals surface area contributed by atoms with Crippen molar-refractivity contribution in [1.29, 1.82) is 0 Å². The molecule has 7 nitrogen and oxygen atoms in total. The summed E-state index contributed by atoms with van der Waals surface area (Å²) in [5.41, 5.74) is 2.46. The van der Waals surface area contributed by atoms with Gasteiger partial charge in [-0.15, -0.1) is 0 Å². The van der Waals surface area contributed by atoms with Gasteiger partial charge in [0.25, 0.3) is 5.56 Å². The van der Waals surface area contributed by atoms with Crippen LogP contribution in [0.5, 0.6) is 0 Å². The Kier molecular flexibility index (Phi) is 2.33. The largest absolute Gasteiger partial charge is 0.325 e. The van der Waals surface area contributed by atoms with Crippen LogP contribution in [0.15, 0.2) is 34.2 Å². The summed E-state index contributed by atoms with van der Waals surface area (Å²) in [7, 11) is 0. The molecule has 23 heavy (non-hydrogen) atoms. The zero-order valence-electron chi connectivity index (χ0n) is 12.4. The summed E-state index contributed by atoms with van der Waals surface area (Å²) in [6, 6.07) is 1.96. The molecule has 0 amide bonds. The minimum atomic E-state index is -0.515. The summed E-state index contributed by atoms with van der Waals surface area (Å²) in [6.45, 7) is 0. The fourth-order valence-corrected chi connectivity index (χ4v) is 3.90. The van der Waals surface area contributed by atoms with Crippen molar-refractivity contribution in [2.45, 2.75) is 31.6 Å². The van der Waals surface area contributed by atoms with E-state index in [0.29, 0.717) is 22.6 Å². The van der Waals surface area contributed by atoms with Crippen LogP contribution in [0.4, 0.5) is 0 Å². The molecule has 0 radical (unpaired) electrons. The second-order valence-electron chi connectivity index (χ2n) is 6.64. The van der Waals surface area contributed by atoms with Crippen LogP contribution in [-0.2, 0) is 0 Å². The fraction of sp³-hybridized carbons (Fsp3) is 0.375. The summed E-state index contributed by atoms with van der Waals surface area (Å²) >= 11 is 0. The molecule has 0 unspecified atom stereocenters. The second-order valence-corrected chi connectivity index (χ2v) is 6.64. The van der Waals surface area contributed by atoms with E-state index in [4.69, 9.17) is 0 Å². The molecular weight excluding hydrogens is 294 g/mol. The van der Waals surface area contributed by atoms with Crippen LogP contribution in [0.1, 0.15) is 37.2 Å². The third-order valence-corrected chi connectivity index (χ3v) is 5.40. The van der Waals surface area contributed by atoms with E-state index in [1.54, 1.807) is 16.9 Å². The maximum absolute atomic E-state index is 12.1. The lowest BCUT2D eigenvalue weighted by Crippen LogP contribution is -2.23. The smallest absolute Gasteiger partial charge is 0.313 e. The molecule has 1 spiro atoms. The Hall–Kier alpha value is -2.70.